The van der Waals surface area contributed by atoms with Crippen LogP contribution in [0.15, 0.2) is 48.7 Å². The first-order valence-corrected chi connectivity index (χ1v) is 7.48. The number of esters is 1. The minimum Gasteiger partial charge on any atom is -0.497 e. The molecule has 2 aromatic carbocycles. The first kappa shape index (κ1) is 18.0. The number of hydrogen-bond acceptors (Lipinski definition) is 6. The second kappa shape index (κ2) is 8.49. The Bertz CT molecular complexity index is 783. The Morgan fingerprint density at radius 1 is 1.16 bits per heavy atom. The third-order valence-electron chi connectivity index (χ3n) is 3.18. The Kier molecular flexibility index (Phi) is 6.11. The van der Waals surface area contributed by atoms with Crippen molar-refractivity contribution in [2.45, 2.75) is 6.92 Å². The first-order chi connectivity index (χ1) is 12.0. The molecular formula is C18H17NO6. The molecule has 0 saturated carbocycles. The molecule has 0 aliphatic heterocycles. The highest BCUT2D eigenvalue weighted by Gasteiger charge is 2.13. The standard InChI is InChI=1S/C18H17NO6/c1-3-24-17-12-13(10-11-19(21)22)4-9-16(17)25-18(20)14-5-7-15(23-2)8-6-14/h4-12H,3H2,1-2H3/b11-10-. The zero-order valence-corrected chi connectivity index (χ0v) is 13.8. The summed E-state index contributed by atoms with van der Waals surface area (Å²) in [6.45, 7) is 2.14. The van der Waals surface area contributed by atoms with Gasteiger partial charge in [-0.05, 0) is 48.9 Å². The fourth-order valence-corrected chi connectivity index (χ4v) is 2.01. The van der Waals surface area contributed by atoms with Crippen LogP contribution in [0.3, 0.4) is 0 Å². The molecule has 0 aliphatic carbocycles. The molecule has 0 aromatic heterocycles. The zero-order valence-electron chi connectivity index (χ0n) is 13.8. The van der Waals surface area contributed by atoms with Gasteiger partial charge in [0.15, 0.2) is 11.5 Å². The monoisotopic (exact) mass is 343 g/mol. The number of benzene rings is 2. The Morgan fingerprint density at radius 2 is 1.88 bits per heavy atom. The third kappa shape index (κ3) is 5.07. The van der Waals surface area contributed by atoms with Gasteiger partial charge in [0.1, 0.15) is 5.75 Å². The van der Waals surface area contributed by atoms with E-state index >= 15 is 0 Å². The number of carbonyl (C=O) groups is 1. The van der Waals surface area contributed by atoms with Crippen LogP contribution in [0.4, 0.5) is 0 Å². The van der Waals surface area contributed by atoms with Crippen LogP contribution in [-0.4, -0.2) is 24.6 Å². The van der Waals surface area contributed by atoms with Crippen molar-refractivity contribution in [1.29, 1.82) is 0 Å². The number of carbonyl (C=O) groups excluding carboxylic acids is 1. The molecule has 0 unspecified atom stereocenters. The van der Waals surface area contributed by atoms with Crippen molar-refractivity contribution in [3.8, 4) is 17.2 Å². The largest absolute Gasteiger partial charge is 0.497 e. The van der Waals surface area contributed by atoms with E-state index < -0.39 is 10.9 Å². The van der Waals surface area contributed by atoms with Gasteiger partial charge in [0.2, 0.25) is 6.20 Å². The van der Waals surface area contributed by atoms with E-state index in [4.69, 9.17) is 14.2 Å². The van der Waals surface area contributed by atoms with Crippen molar-refractivity contribution in [1.82, 2.24) is 0 Å². The molecule has 0 amide bonds. The highest BCUT2D eigenvalue weighted by atomic mass is 16.6. The molecule has 130 valence electrons. The number of hydrogen-bond donors (Lipinski definition) is 0. The predicted molar refractivity (Wildman–Crippen MR) is 91.6 cm³/mol. The van der Waals surface area contributed by atoms with Crippen LogP contribution in [0.5, 0.6) is 17.2 Å². The topological polar surface area (TPSA) is 87.9 Å². The van der Waals surface area contributed by atoms with Crippen molar-refractivity contribution >= 4 is 12.0 Å². The molecule has 0 fully saturated rings. The van der Waals surface area contributed by atoms with E-state index in [-0.39, 0.29) is 5.75 Å². The number of nitro groups is 1. The summed E-state index contributed by atoms with van der Waals surface area (Å²) < 4.78 is 15.9. The van der Waals surface area contributed by atoms with Crippen LogP contribution in [-0.2, 0) is 0 Å². The maximum atomic E-state index is 12.2. The summed E-state index contributed by atoms with van der Waals surface area (Å²) in [4.78, 5) is 22.1. The Hall–Kier alpha value is -3.35. The van der Waals surface area contributed by atoms with Gasteiger partial charge in [0, 0.05) is 6.08 Å². The van der Waals surface area contributed by atoms with Crippen molar-refractivity contribution in [3.05, 3.63) is 69.9 Å². The van der Waals surface area contributed by atoms with Crippen molar-refractivity contribution in [2.24, 2.45) is 0 Å². The van der Waals surface area contributed by atoms with Gasteiger partial charge in [-0.25, -0.2) is 4.79 Å². The molecule has 0 heterocycles. The molecule has 25 heavy (non-hydrogen) atoms. The molecule has 2 rings (SSSR count). The summed E-state index contributed by atoms with van der Waals surface area (Å²) in [6.07, 6.45) is 2.16. The second-order valence-corrected chi connectivity index (χ2v) is 4.86. The summed E-state index contributed by atoms with van der Waals surface area (Å²) >= 11 is 0. The molecule has 0 atom stereocenters. The van der Waals surface area contributed by atoms with Crippen LogP contribution < -0.4 is 14.2 Å². The summed E-state index contributed by atoms with van der Waals surface area (Å²) in [6, 6.07) is 11.2. The van der Waals surface area contributed by atoms with E-state index in [0.717, 1.165) is 6.20 Å². The molecular weight excluding hydrogens is 326 g/mol. The van der Waals surface area contributed by atoms with Crippen LogP contribution in [0.2, 0.25) is 0 Å². The SMILES string of the molecule is CCOc1cc(/C=C\[N+](=O)[O-])ccc1OC(=O)c1ccc(OC)cc1. The molecule has 0 spiro atoms. The fourth-order valence-electron chi connectivity index (χ4n) is 2.01. The lowest BCUT2D eigenvalue weighted by atomic mass is 10.2. The van der Waals surface area contributed by atoms with Crippen molar-refractivity contribution < 1.29 is 23.9 Å². The van der Waals surface area contributed by atoms with Gasteiger partial charge >= 0.3 is 5.97 Å². The Balaban J connectivity index is 2.21. The third-order valence-corrected chi connectivity index (χ3v) is 3.18. The summed E-state index contributed by atoms with van der Waals surface area (Å²) in [7, 11) is 1.54. The van der Waals surface area contributed by atoms with E-state index in [0.29, 0.717) is 29.2 Å². The second-order valence-electron chi connectivity index (χ2n) is 4.86. The summed E-state index contributed by atoms with van der Waals surface area (Å²) in [5, 5.41) is 10.4. The maximum Gasteiger partial charge on any atom is 0.343 e. The molecule has 0 bridgehead atoms. The molecule has 7 nitrogen and oxygen atoms in total. The van der Waals surface area contributed by atoms with Crippen LogP contribution in [0.1, 0.15) is 22.8 Å². The number of nitrogens with zero attached hydrogens (tertiary/aromatic N) is 1. The lowest BCUT2D eigenvalue weighted by Crippen LogP contribution is -2.09. The average molecular weight is 343 g/mol. The van der Waals surface area contributed by atoms with E-state index in [1.54, 1.807) is 43.3 Å². The smallest absolute Gasteiger partial charge is 0.343 e. The Morgan fingerprint density at radius 3 is 2.48 bits per heavy atom. The highest BCUT2D eigenvalue weighted by Crippen LogP contribution is 2.30. The molecule has 0 N–H and O–H groups in total. The number of rotatable bonds is 7. The van der Waals surface area contributed by atoms with Crippen LogP contribution in [0.25, 0.3) is 6.08 Å². The van der Waals surface area contributed by atoms with Crippen LogP contribution in [0, 0.1) is 10.1 Å². The number of methoxy groups -OCH3 is 1. The van der Waals surface area contributed by atoms with Crippen molar-refractivity contribution in [2.75, 3.05) is 13.7 Å². The molecule has 0 aliphatic rings. The van der Waals surface area contributed by atoms with E-state index in [1.807, 2.05) is 0 Å². The zero-order chi connectivity index (χ0) is 18.2. The van der Waals surface area contributed by atoms with E-state index in [9.17, 15) is 14.9 Å². The van der Waals surface area contributed by atoms with Gasteiger partial charge < -0.3 is 14.2 Å². The normalized spacial score (nSPS) is 10.5. The highest BCUT2D eigenvalue weighted by molar-refractivity contribution is 5.91. The molecule has 2 aromatic rings. The molecule has 0 radical (unpaired) electrons. The summed E-state index contributed by atoms with van der Waals surface area (Å²) in [5.74, 6) is 0.654. The quantitative estimate of drug-likeness (QED) is 0.330. The maximum absolute atomic E-state index is 12.2. The first-order valence-electron chi connectivity index (χ1n) is 7.48. The van der Waals surface area contributed by atoms with Gasteiger partial charge in [-0.15, -0.1) is 0 Å². The van der Waals surface area contributed by atoms with Gasteiger partial charge in [-0.2, -0.15) is 0 Å². The molecule has 7 heteroatoms. The van der Waals surface area contributed by atoms with Crippen molar-refractivity contribution in [3.63, 3.8) is 0 Å². The minimum absolute atomic E-state index is 0.237. The lowest BCUT2D eigenvalue weighted by Gasteiger charge is -2.11. The average Bonchev–Trinajstić information content (AvgIpc) is 2.62. The summed E-state index contributed by atoms with van der Waals surface area (Å²) in [5.41, 5.74) is 0.921. The van der Waals surface area contributed by atoms with Gasteiger partial charge in [-0.3, -0.25) is 10.1 Å². The van der Waals surface area contributed by atoms with E-state index in [1.165, 1.54) is 19.3 Å². The fraction of sp³-hybridized carbons (Fsp3) is 0.167. The van der Waals surface area contributed by atoms with E-state index in [2.05, 4.69) is 0 Å². The van der Waals surface area contributed by atoms with Gasteiger partial charge in [-0.1, -0.05) is 6.07 Å². The number of ether oxygens (including phenoxy) is 3. The van der Waals surface area contributed by atoms with Crippen LogP contribution >= 0.6 is 0 Å². The molecule has 0 saturated heterocycles. The predicted octanol–water partition coefficient (Wildman–Crippen LogP) is 3.56. The van der Waals surface area contributed by atoms with Gasteiger partial charge in [0.05, 0.1) is 24.2 Å². The Labute approximate surface area is 144 Å². The van der Waals surface area contributed by atoms with Gasteiger partial charge in [0.25, 0.3) is 0 Å². The lowest BCUT2D eigenvalue weighted by molar-refractivity contribution is -0.400. The minimum atomic E-state index is -0.558.